The predicted molar refractivity (Wildman–Crippen MR) is 84.7 cm³/mol. The van der Waals surface area contributed by atoms with Gasteiger partial charge in [-0.3, -0.25) is 4.79 Å². The summed E-state index contributed by atoms with van der Waals surface area (Å²) in [5.74, 6) is 0.205. The third-order valence-electron chi connectivity index (χ3n) is 3.39. The Balaban J connectivity index is 1.77. The molecule has 8 heteroatoms. The molecule has 0 aliphatic heterocycles. The Morgan fingerprint density at radius 3 is 2.74 bits per heavy atom. The number of rotatable bonds is 6. The zero-order valence-electron chi connectivity index (χ0n) is 12.1. The molecular formula is C15H15ClN2O4S. The van der Waals surface area contributed by atoms with Crippen LogP contribution < -0.4 is 10.0 Å². The van der Waals surface area contributed by atoms with E-state index in [-0.39, 0.29) is 28.1 Å². The largest absolute Gasteiger partial charge is 0.467 e. The maximum atomic E-state index is 12.3. The Hall–Kier alpha value is -1.83. The summed E-state index contributed by atoms with van der Waals surface area (Å²) >= 11 is 5.98. The van der Waals surface area contributed by atoms with Crippen molar-refractivity contribution in [1.29, 1.82) is 0 Å². The van der Waals surface area contributed by atoms with Crippen molar-refractivity contribution in [3.8, 4) is 0 Å². The van der Waals surface area contributed by atoms with Crippen LogP contribution in [0.5, 0.6) is 0 Å². The maximum Gasteiger partial charge on any atom is 0.251 e. The van der Waals surface area contributed by atoms with Crippen molar-refractivity contribution >= 4 is 27.5 Å². The molecule has 1 aromatic heterocycles. The molecule has 0 saturated heterocycles. The van der Waals surface area contributed by atoms with E-state index in [0.717, 1.165) is 12.8 Å². The number of benzene rings is 1. The molecule has 23 heavy (non-hydrogen) atoms. The molecular weight excluding hydrogens is 340 g/mol. The lowest BCUT2D eigenvalue weighted by atomic mass is 10.2. The van der Waals surface area contributed by atoms with Crippen LogP contribution in [0.15, 0.2) is 45.9 Å². The van der Waals surface area contributed by atoms with Gasteiger partial charge in [0.15, 0.2) is 0 Å². The molecule has 0 atom stereocenters. The zero-order chi connectivity index (χ0) is 16.4. The fourth-order valence-electron chi connectivity index (χ4n) is 2.02. The van der Waals surface area contributed by atoms with E-state index in [1.54, 1.807) is 12.1 Å². The van der Waals surface area contributed by atoms with Crippen molar-refractivity contribution in [2.45, 2.75) is 30.3 Å². The van der Waals surface area contributed by atoms with Crippen LogP contribution in [0.1, 0.15) is 29.0 Å². The van der Waals surface area contributed by atoms with Crippen molar-refractivity contribution in [3.05, 3.63) is 52.9 Å². The lowest BCUT2D eigenvalue weighted by molar-refractivity contribution is 0.0948. The van der Waals surface area contributed by atoms with Gasteiger partial charge in [0.2, 0.25) is 10.0 Å². The summed E-state index contributed by atoms with van der Waals surface area (Å²) in [6.45, 7) is 0.219. The van der Waals surface area contributed by atoms with E-state index >= 15 is 0 Å². The highest BCUT2D eigenvalue weighted by molar-refractivity contribution is 7.89. The molecule has 1 saturated carbocycles. The van der Waals surface area contributed by atoms with E-state index < -0.39 is 15.9 Å². The van der Waals surface area contributed by atoms with E-state index in [1.165, 1.54) is 24.5 Å². The molecule has 1 aromatic carbocycles. The Kier molecular flexibility index (Phi) is 4.43. The Morgan fingerprint density at radius 1 is 1.30 bits per heavy atom. The summed E-state index contributed by atoms with van der Waals surface area (Å²) in [7, 11) is -3.72. The molecule has 1 heterocycles. The number of carbonyl (C=O) groups excluding carboxylic acids is 1. The molecule has 0 radical (unpaired) electrons. The zero-order valence-corrected chi connectivity index (χ0v) is 13.7. The lowest BCUT2D eigenvalue weighted by Gasteiger charge is -2.10. The smallest absolute Gasteiger partial charge is 0.251 e. The first kappa shape index (κ1) is 16.0. The first-order chi connectivity index (χ1) is 11.0. The lowest BCUT2D eigenvalue weighted by Crippen LogP contribution is -2.27. The number of carbonyl (C=O) groups is 1. The van der Waals surface area contributed by atoms with Gasteiger partial charge in [0.25, 0.3) is 5.91 Å². The second kappa shape index (κ2) is 6.35. The van der Waals surface area contributed by atoms with Crippen LogP contribution in [0.3, 0.4) is 0 Å². The molecule has 0 unspecified atom stereocenters. The van der Waals surface area contributed by atoms with Gasteiger partial charge >= 0.3 is 0 Å². The summed E-state index contributed by atoms with van der Waals surface area (Å²) in [6, 6.07) is 7.59. The number of amides is 1. The van der Waals surface area contributed by atoms with Crippen LogP contribution in [0.4, 0.5) is 0 Å². The monoisotopic (exact) mass is 354 g/mol. The number of furan rings is 1. The van der Waals surface area contributed by atoms with E-state index in [2.05, 4.69) is 10.0 Å². The molecule has 2 N–H and O–H groups in total. The van der Waals surface area contributed by atoms with Crippen LogP contribution in [-0.4, -0.2) is 20.4 Å². The first-order valence-corrected chi connectivity index (χ1v) is 8.94. The van der Waals surface area contributed by atoms with Gasteiger partial charge < -0.3 is 9.73 Å². The summed E-state index contributed by atoms with van der Waals surface area (Å²) in [5, 5.41) is 2.75. The SMILES string of the molecule is O=C(NCc1ccco1)c1ccc(Cl)c(S(=O)(=O)NC2CC2)c1. The van der Waals surface area contributed by atoms with Crippen LogP contribution in [0.25, 0.3) is 0 Å². The van der Waals surface area contributed by atoms with Crippen molar-refractivity contribution in [2.75, 3.05) is 0 Å². The molecule has 0 bridgehead atoms. The fourth-order valence-corrected chi connectivity index (χ4v) is 3.85. The highest BCUT2D eigenvalue weighted by Crippen LogP contribution is 2.26. The van der Waals surface area contributed by atoms with Gasteiger partial charge in [-0.15, -0.1) is 0 Å². The Morgan fingerprint density at radius 2 is 2.09 bits per heavy atom. The van der Waals surface area contributed by atoms with Gasteiger partial charge in [-0.25, -0.2) is 13.1 Å². The van der Waals surface area contributed by atoms with Gasteiger partial charge in [0, 0.05) is 11.6 Å². The molecule has 3 rings (SSSR count). The van der Waals surface area contributed by atoms with Gasteiger partial charge in [-0.2, -0.15) is 0 Å². The van der Waals surface area contributed by atoms with Crippen molar-refractivity contribution in [3.63, 3.8) is 0 Å². The van der Waals surface area contributed by atoms with Crippen molar-refractivity contribution < 1.29 is 17.6 Å². The van der Waals surface area contributed by atoms with E-state index in [0.29, 0.717) is 5.76 Å². The molecule has 1 aliphatic carbocycles. The summed E-state index contributed by atoms with van der Waals surface area (Å²) < 4.78 is 32.2. The average molecular weight is 355 g/mol. The van der Waals surface area contributed by atoms with Crippen molar-refractivity contribution in [1.82, 2.24) is 10.0 Å². The van der Waals surface area contributed by atoms with Gasteiger partial charge in [-0.05, 0) is 43.2 Å². The number of nitrogens with one attached hydrogen (secondary N) is 2. The quantitative estimate of drug-likeness (QED) is 0.833. The molecule has 2 aromatic rings. The normalized spacial score (nSPS) is 14.7. The van der Waals surface area contributed by atoms with Crippen LogP contribution >= 0.6 is 11.6 Å². The van der Waals surface area contributed by atoms with Crippen LogP contribution in [0, 0.1) is 0 Å². The average Bonchev–Trinajstić information content (AvgIpc) is 3.15. The fraction of sp³-hybridized carbons (Fsp3) is 0.267. The highest BCUT2D eigenvalue weighted by atomic mass is 35.5. The van der Waals surface area contributed by atoms with Gasteiger partial charge in [0.1, 0.15) is 10.7 Å². The minimum absolute atomic E-state index is 0.0347. The molecule has 1 amide bonds. The maximum absolute atomic E-state index is 12.3. The summed E-state index contributed by atoms with van der Waals surface area (Å²) in [5.41, 5.74) is 0.220. The first-order valence-electron chi connectivity index (χ1n) is 7.08. The standard InChI is InChI=1S/C15H15ClN2O4S/c16-13-6-3-10(15(19)17-9-12-2-1-7-22-12)8-14(13)23(20,21)18-11-4-5-11/h1-3,6-8,11,18H,4-5,9H2,(H,17,19). The topological polar surface area (TPSA) is 88.4 Å². The second-order valence-corrected chi connectivity index (χ2v) is 7.39. The molecule has 6 nitrogen and oxygen atoms in total. The Labute approximate surface area is 138 Å². The second-order valence-electron chi connectivity index (χ2n) is 5.30. The third kappa shape index (κ3) is 3.93. The highest BCUT2D eigenvalue weighted by Gasteiger charge is 2.29. The summed E-state index contributed by atoms with van der Waals surface area (Å²) in [4.78, 5) is 12.1. The van der Waals surface area contributed by atoms with Gasteiger partial charge in [-0.1, -0.05) is 11.6 Å². The van der Waals surface area contributed by atoms with Crippen molar-refractivity contribution in [2.24, 2.45) is 0 Å². The van der Waals surface area contributed by atoms with Gasteiger partial charge in [0.05, 0.1) is 17.8 Å². The number of sulfonamides is 1. The van der Waals surface area contributed by atoms with Crippen LogP contribution in [0.2, 0.25) is 5.02 Å². The van der Waals surface area contributed by atoms with E-state index in [9.17, 15) is 13.2 Å². The van der Waals surface area contributed by atoms with E-state index in [1.807, 2.05) is 0 Å². The third-order valence-corrected chi connectivity index (χ3v) is 5.39. The molecule has 1 fully saturated rings. The number of halogens is 1. The van der Waals surface area contributed by atoms with E-state index in [4.69, 9.17) is 16.0 Å². The summed E-state index contributed by atoms with van der Waals surface area (Å²) in [6.07, 6.45) is 3.15. The number of hydrogen-bond donors (Lipinski definition) is 2. The Bertz CT molecular complexity index is 814. The number of hydrogen-bond acceptors (Lipinski definition) is 4. The molecule has 0 spiro atoms. The minimum Gasteiger partial charge on any atom is -0.467 e. The predicted octanol–water partition coefficient (Wildman–Crippen LogP) is 2.30. The van der Waals surface area contributed by atoms with Crippen LogP contribution in [-0.2, 0) is 16.6 Å². The molecule has 122 valence electrons. The molecule has 1 aliphatic rings. The minimum atomic E-state index is -3.72.